The SMILES string of the molecule is O=C(c1cc(-n2cccn2)ccc1Cl)N1CC[C@@H](CO)[C@H](O)C1. The smallest absolute Gasteiger partial charge is 0.255 e. The van der Waals surface area contributed by atoms with Crippen molar-refractivity contribution in [3.8, 4) is 5.69 Å². The predicted octanol–water partition coefficient (Wildman–Crippen LogP) is 1.34. The number of hydrogen-bond donors (Lipinski definition) is 2. The topological polar surface area (TPSA) is 78.6 Å². The van der Waals surface area contributed by atoms with Crippen LogP contribution in [-0.2, 0) is 0 Å². The molecule has 1 saturated heterocycles. The molecule has 0 saturated carbocycles. The van der Waals surface area contributed by atoms with Crippen LogP contribution in [0.25, 0.3) is 5.69 Å². The number of aliphatic hydroxyl groups is 2. The normalized spacial score (nSPS) is 21.4. The molecular weight excluding hydrogens is 318 g/mol. The number of carbonyl (C=O) groups is 1. The summed E-state index contributed by atoms with van der Waals surface area (Å²) in [4.78, 5) is 14.3. The molecule has 1 amide bonds. The third-order valence-corrected chi connectivity index (χ3v) is 4.52. The van der Waals surface area contributed by atoms with Gasteiger partial charge in [-0.3, -0.25) is 4.79 Å². The van der Waals surface area contributed by atoms with Crippen molar-refractivity contribution in [2.24, 2.45) is 5.92 Å². The van der Waals surface area contributed by atoms with Crippen LogP contribution in [0.3, 0.4) is 0 Å². The largest absolute Gasteiger partial charge is 0.396 e. The highest BCUT2D eigenvalue weighted by Gasteiger charge is 2.30. The molecule has 2 N–H and O–H groups in total. The highest BCUT2D eigenvalue weighted by Crippen LogP contribution is 2.24. The average molecular weight is 336 g/mol. The van der Waals surface area contributed by atoms with E-state index in [0.717, 1.165) is 5.69 Å². The van der Waals surface area contributed by atoms with Gasteiger partial charge in [0.25, 0.3) is 5.91 Å². The summed E-state index contributed by atoms with van der Waals surface area (Å²) in [6.45, 7) is 0.620. The molecule has 0 spiro atoms. The summed E-state index contributed by atoms with van der Waals surface area (Å²) in [5.74, 6) is -0.399. The lowest BCUT2D eigenvalue weighted by Gasteiger charge is -2.35. The van der Waals surface area contributed by atoms with Crippen molar-refractivity contribution in [2.45, 2.75) is 12.5 Å². The Morgan fingerprint density at radius 3 is 2.91 bits per heavy atom. The number of β-amino-alcohol motifs (C(OH)–C–C–N with tert-alkyl or cyclic N) is 1. The van der Waals surface area contributed by atoms with E-state index in [2.05, 4.69) is 5.10 Å². The minimum atomic E-state index is -0.717. The summed E-state index contributed by atoms with van der Waals surface area (Å²) in [7, 11) is 0. The van der Waals surface area contributed by atoms with Gasteiger partial charge in [0.2, 0.25) is 0 Å². The summed E-state index contributed by atoms with van der Waals surface area (Å²) in [6.07, 6.45) is 3.30. The van der Waals surface area contributed by atoms with Gasteiger partial charge in [-0.2, -0.15) is 5.10 Å². The summed E-state index contributed by atoms with van der Waals surface area (Å²) >= 11 is 6.18. The molecule has 122 valence electrons. The zero-order chi connectivity index (χ0) is 16.4. The molecule has 6 nitrogen and oxygen atoms in total. The molecule has 1 aromatic carbocycles. The number of likely N-dealkylation sites (tertiary alicyclic amines) is 1. The van der Waals surface area contributed by atoms with Crippen LogP contribution >= 0.6 is 11.6 Å². The Kier molecular flexibility index (Phi) is 4.66. The van der Waals surface area contributed by atoms with E-state index in [4.69, 9.17) is 11.6 Å². The van der Waals surface area contributed by atoms with Gasteiger partial charge >= 0.3 is 0 Å². The molecular formula is C16H18ClN3O3. The second-order valence-corrected chi connectivity index (χ2v) is 6.07. The van der Waals surface area contributed by atoms with Crippen molar-refractivity contribution in [3.05, 3.63) is 47.2 Å². The van der Waals surface area contributed by atoms with Crippen LogP contribution in [0.4, 0.5) is 0 Å². The predicted molar refractivity (Wildman–Crippen MR) is 85.7 cm³/mol. The lowest BCUT2D eigenvalue weighted by atomic mass is 9.94. The summed E-state index contributed by atoms with van der Waals surface area (Å²) in [5.41, 5.74) is 1.13. The van der Waals surface area contributed by atoms with E-state index in [9.17, 15) is 15.0 Å². The average Bonchev–Trinajstić information content (AvgIpc) is 3.09. The first-order valence-corrected chi connectivity index (χ1v) is 7.85. The number of aromatic nitrogens is 2. The Bertz CT molecular complexity index is 690. The lowest BCUT2D eigenvalue weighted by Crippen LogP contribution is -2.47. The van der Waals surface area contributed by atoms with Gasteiger partial charge in [-0.1, -0.05) is 11.6 Å². The van der Waals surface area contributed by atoms with Crippen molar-refractivity contribution in [1.29, 1.82) is 0 Å². The molecule has 1 aromatic heterocycles. The summed E-state index contributed by atoms with van der Waals surface area (Å²) < 4.78 is 1.65. The Morgan fingerprint density at radius 1 is 1.43 bits per heavy atom. The molecule has 0 unspecified atom stereocenters. The third-order valence-electron chi connectivity index (χ3n) is 4.19. The van der Waals surface area contributed by atoms with E-state index in [1.165, 1.54) is 0 Å². The van der Waals surface area contributed by atoms with Crippen molar-refractivity contribution in [3.63, 3.8) is 0 Å². The van der Waals surface area contributed by atoms with Crippen LogP contribution in [-0.4, -0.2) is 56.6 Å². The highest BCUT2D eigenvalue weighted by molar-refractivity contribution is 6.33. The minimum Gasteiger partial charge on any atom is -0.396 e. The molecule has 1 aliphatic rings. The fourth-order valence-electron chi connectivity index (χ4n) is 2.79. The number of aliphatic hydroxyl groups excluding tert-OH is 2. The quantitative estimate of drug-likeness (QED) is 0.887. The maximum absolute atomic E-state index is 12.7. The van der Waals surface area contributed by atoms with Crippen LogP contribution in [0, 0.1) is 5.92 Å². The zero-order valence-corrected chi connectivity index (χ0v) is 13.2. The highest BCUT2D eigenvalue weighted by atomic mass is 35.5. The van der Waals surface area contributed by atoms with Crippen molar-refractivity contribution < 1.29 is 15.0 Å². The molecule has 2 heterocycles. The molecule has 7 heteroatoms. The molecule has 2 atom stereocenters. The van der Waals surface area contributed by atoms with Crippen LogP contribution in [0.5, 0.6) is 0 Å². The van der Waals surface area contributed by atoms with E-state index in [-0.39, 0.29) is 25.0 Å². The number of rotatable bonds is 3. The zero-order valence-electron chi connectivity index (χ0n) is 12.5. The molecule has 0 aliphatic carbocycles. The van der Waals surface area contributed by atoms with E-state index < -0.39 is 6.10 Å². The first-order valence-electron chi connectivity index (χ1n) is 7.48. The van der Waals surface area contributed by atoms with Crippen molar-refractivity contribution >= 4 is 17.5 Å². The van der Waals surface area contributed by atoms with Crippen LogP contribution in [0.1, 0.15) is 16.8 Å². The number of halogens is 1. The molecule has 3 rings (SSSR count). The fraction of sp³-hybridized carbons (Fsp3) is 0.375. The fourth-order valence-corrected chi connectivity index (χ4v) is 2.99. The standard InChI is InChI=1S/C16H18ClN3O3/c17-14-3-2-12(20-6-1-5-18-20)8-13(14)16(23)19-7-4-11(10-21)15(22)9-19/h1-3,5-6,8,11,15,21-22H,4,7,9-10H2/t11-,15+/m0/s1. The van der Waals surface area contributed by atoms with Crippen molar-refractivity contribution in [1.82, 2.24) is 14.7 Å². The van der Waals surface area contributed by atoms with E-state index in [1.54, 1.807) is 46.2 Å². The molecule has 0 radical (unpaired) electrons. The first-order chi connectivity index (χ1) is 11.1. The number of nitrogens with zero attached hydrogens (tertiary/aromatic N) is 3. The maximum atomic E-state index is 12.7. The van der Waals surface area contributed by atoms with Crippen LogP contribution in [0.2, 0.25) is 5.02 Å². The number of carbonyl (C=O) groups excluding carboxylic acids is 1. The molecule has 0 bridgehead atoms. The summed E-state index contributed by atoms with van der Waals surface area (Å²) in [6, 6.07) is 6.95. The number of hydrogen-bond acceptors (Lipinski definition) is 4. The monoisotopic (exact) mass is 335 g/mol. The Balaban J connectivity index is 1.83. The van der Waals surface area contributed by atoms with Gasteiger partial charge in [0, 0.05) is 38.0 Å². The van der Waals surface area contributed by atoms with Gasteiger partial charge in [-0.15, -0.1) is 0 Å². The maximum Gasteiger partial charge on any atom is 0.255 e. The Labute approximate surface area is 138 Å². The number of benzene rings is 1. The van der Waals surface area contributed by atoms with Gasteiger partial charge < -0.3 is 15.1 Å². The number of piperidine rings is 1. The molecule has 2 aromatic rings. The van der Waals surface area contributed by atoms with Gasteiger partial charge in [0.15, 0.2) is 0 Å². The van der Waals surface area contributed by atoms with Crippen LogP contribution in [0.15, 0.2) is 36.7 Å². The summed E-state index contributed by atoms with van der Waals surface area (Å²) in [5, 5.41) is 23.7. The Hall–Kier alpha value is -1.89. The minimum absolute atomic E-state index is 0.0707. The molecule has 1 aliphatic heterocycles. The second kappa shape index (κ2) is 6.70. The second-order valence-electron chi connectivity index (χ2n) is 5.66. The molecule has 1 fully saturated rings. The van der Waals surface area contributed by atoms with Crippen molar-refractivity contribution in [2.75, 3.05) is 19.7 Å². The van der Waals surface area contributed by atoms with Gasteiger partial charge in [0.05, 0.1) is 22.4 Å². The van der Waals surface area contributed by atoms with E-state index in [1.807, 2.05) is 0 Å². The number of amides is 1. The molecule has 23 heavy (non-hydrogen) atoms. The first kappa shape index (κ1) is 16.0. The van der Waals surface area contributed by atoms with Crippen LogP contribution < -0.4 is 0 Å². The van der Waals surface area contributed by atoms with E-state index >= 15 is 0 Å². The Morgan fingerprint density at radius 2 is 2.26 bits per heavy atom. The van der Waals surface area contributed by atoms with Gasteiger partial charge in [0.1, 0.15) is 0 Å². The third kappa shape index (κ3) is 3.24. The van der Waals surface area contributed by atoms with E-state index in [0.29, 0.717) is 23.6 Å². The lowest BCUT2D eigenvalue weighted by molar-refractivity contribution is 0.000882. The van der Waals surface area contributed by atoms with Gasteiger partial charge in [-0.25, -0.2) is 4.68 Å². The van der Waals surface area contributed by atoms with Gasteiger partial charge in [-0.05, 0) is 30.7 Å².